The van der Waals surface area contributed by atoms with Crippen LogP contribution in [-0.2, 0) is 9.59 Å². The predicted octanol–water partition coefficient (Wildman–Crippen LogP) is 4.64. The molecule has 0 atom stereocenters. The molecule has 154 valence electrons. The second-order valence-corrected chi connectivity index (χ2v) is 7.54. The number of amides is 2. The summed E-state index contributed by atoms with van der Waals surface area (Å²) in [6.07, 6.45) is 4.32. The molecule has 2 aromatic carbocycles. The van der Waals surface area contributed by atoms with Gasteiger partial charge in [-0.1, -0.05) is 18.2 Å². The Labute approximate surface area is 175 Å². The summed E-state index contributed by atoms with van der Waals surface area (Å²) >= 11 is 0. The van der Waals surface area contributed by atoms with Crippen molar-refractivity contribution in [2.75, 3.05) is 18.4 Å². The lowest BCUT2D eigenvalue weighted by molar-refractivity contribution is -0.134. The van der Waals surface area contributed by atoms with Crippen LogP contribution in [0.1, 0.15) is 25.7 Å². The minimum Gasteiger partial charge on any atom is -0.436 e. The smallest absolute Gasteiger partial charge is 0.227 e. The average Bonchev–Trinajstić information content (AvgIpc) is 3.22. The van der Waals surface area contributed by atoms with Crippen LogP contribution < -0.4 is 5.32 Å². The van der Waals surface area contributed by atoms with Crippen molar-refractivity contribution in [3.05, 3.63) is 61.2 Å². The number of nitrogens with zero attached hydrogens (tertiary/aromatic N) is 2. The average molecular weight is 403 g/mol. The van der Waals surface area contributed by atoms with Gasteiger partial charge in [0.2, 0.25) is 17.7 Å². The molecule has 0 spiro atoms. The van der Waals surface area contributed by atoms with Gasteiger partial charge in [0, 0.05) is 36.7 Å². The lowest BCUT2D eigenvalue weighted by Crippen LogP contribution is -2.41. The first-order valence-corrected chi connectivity index (χ1v) is 10.3. The van der Waals surface area contributed by atoms with Crippen molar-refractivity contribution in [3.63, 3.8) is 0 Å². The molecule has 30 heavy (non-hydrogen) atoms. The molecule has 0 radical (unpaired) electrons. The Morgan fingerprint density at radius 3 is 2.57 bits per heavy atom. The number of rotatable bonds is 6. The third-order valence-corrected chi connectivity index (χ3v) is 5.47. The third kappa shape index (κ3) is 4.43. The number of allylic oxidation sites excluding steroid dienone is 1. The molecule has 1 aliphatic heterocycles. The number of hydrogen-bond donors (Lipinski definition) is 1. The maximum atomic E-state index is 12.6. The lowest BCUT2D eigenvalue weighted by atomic mass is 9.95. The van der Waals surface area contributed by atoms with E-state index in [1.54, 1.807) is 6.08 Å². The van der Waals surface area contributed by atoms with Gasteiger partial charge in [-0.2, -0.15) is 0 Å². The van der Waals surface area contributed by atoms with Crippen molar-refractivity contribution in [2.24, 2.45) is 5.92 Å². The number of carbonyl (C=O) groups is 2. The highest BCUT2D eigenvalue weighted by atomic mass is 16.3. The molecule has 6 heteroatoms. The Morgan fingerprint density at radius 1 is 1.13 bits per heavy atom. The van der Waals surface area contributed by atoms with Crippen LogP contribution in [0.4, 0.5) is 5.69 Å². The number of oxazole rings is 1. The van der Waals surface area contributed by atoms with Gasteiger partial charge in [-0.25, -0.2) is 4.98 Å². The molecule has 0 aliphatic carbocycles. The van der Waals surface area contributed by atoms with E-state index in [0.29, 0.717) is 44.7 Å². The van der Waals surface area contributed by atoms with E-state index in [4.69, 9.17) is 4.42 Å². The number of carbonyl (C=O) groups excluding carboxylic acids is 2. The van der Waals surface area contributed by atoms with Crippen molar-refractivity contribution in [3.8, 4) is 11.5 Å². The number of aromatic nitrogens is 1. The number of benzene rings is 2. The van der Waals surface area contributed by atoms with Crippen LogP contribution in [0, 0.1) is 5.92 Å². The van der Waals surface area contributed by atoms with Crippen LogP contribution in [0.3, 0.4) is 0 Å². The van der Waals surface area contributed by atoms with Crippen LogP contribution in [0.5, 0.6) is 0 Å². The van der Waals surface area contributed by atoms with E-state index in [2.05, 4.69) is 16.9 Å². The first-order valence-electron chi connectivity index (χ1n) is 10.3. The number of anilines is 1. The molecule has 4 rings (SSSR count). The highest BCUT2D eigenvalue weighted by molar-refractivity contribution is 5.93. The van der Waals surface area contributed by atoms with E-state index in [0.717, 1.165) is 22.4 Å². The zero-order chi connectivity index (χ0) is 20.9. The first kappa shape index (κ1) is 19.9. The number of para-hydroxylation sites is 2. The van der Waals surface area contributed by atoms with Gasteiger partial charge < -0.3 is 14.6 Å². The molecule has 1 saturated heterocycles. The highest BCUT2D eigenvalue weighted by Crippen LogP contribution is 2.26. The van der Waals surface area contributed by atoms with E-state index in [9.17, 15) is 9.59 Å². The van der Waals surface area contributed by atoms with Crippen LogP contribution in [0.15, 0.2) is 65.6 Å². The fraction of sp³-hybridized carbons (Fsp3) is 0.292. The summed E-state index contributed by atoms with van der Waals surface area (Å²) in [6.45, 7) is 4.91. The Morgan fingerprint density at radius 2 is 1.87 bits per heavy atom. The van der Waals surface area contributed by atoms with Crippen LogP contribution >= 0.6 is 0 Å². The summed E-state index contributed by atoms with van der Waals surface area (Å²) in [6, 6.07) is 15.1. The number of fused-ring (bicyclic) bond motifs is 1. The quantitative estimate of drug-likeness (QED) is 0.609. The van der Waals surface area contributed by atoms with E-state index in [-0.39, 0.29) is 17.7 Å². The van der Waals surface area contributed by atoms with Crippen molar-refractivity contribution in [1.82, 2.24) is 9.88 Å². The molecular formula is C24H25N3O3. The summed E-state index contributed by atoms with van der Waals surface area (Å²) in [4.78, 5) is 31.1. The Balaban J connectivity index is 1.33. The lowest BCUT2D eigenvalue weighted by Gasteiger charge is -2.31. The number of hydrogen-bond acceptors (Lipinski definition) is 4. The van der Waals surface area contributed by atoms with Gasteiger partial charge >= 0.3 is 0 Å². The Hall–Kier alpha value is -3.41. The van der Waals surface area contributed by atoms with Gasteiger partial charge in [0.05, 0.1) is 0 Å². The number of piperidine rings is 1. The first-order chi connectivity index (χ1) is 14.6. The minimum atomic E-state index is -0.0785. The second kappa shape index (κ2) is 8.95. The molecule has 2 amide bonds. The van der Waals surface area contributed by atoms with Gasteiger partial charge in [0.1, 0.15) is 5.52 Å². The van der Waals surface area contributed by atoms with Crippen molar-refractivity contribution >= 4 is 28.6 Å². The van der Waals surface area contributed by atoms with Crippen LogP contribution in [-0.4, -0.2) is 34.8 Å². The molecular weight excluding hydrogens is 378 g/mol. The highest BCUT2D eigenvalue weighted by Gasteiger charge is 2.27. The topological polar surface area (TPSA) is 75.4 Å². The summed E-state index contributed by atoms with van der Waals surface area (Å²) in [5.74, 6) is 0.624. The van der Waals surface area contributed by atoms with Gasteiger partial charge in [0.25, 0.3) is 0 Å². The van der Waals surface area contributed by atoms with Gasteiger partial charge in [-0.05, 0) is 55.7 Å². The molecule has 2 heterocycles. The molecule has 1 fully saturated rings. The molecule has 0 saturated carbocycles. The van der Waals surface area contributed by atoms with E-state index in [1.165, 1.54) is 0 Å². The molecule has 1 aliphatic rings. The fourth-order valence-corrected chi connectivity index (χ4v) is 3.71. The Kier molecular flexibility index (Phi) is 5.93. The maximum absolute atomic E-state index is 12.6. The summed E-state index contributed by atoms with van der Waals surface area (Å²) in [5, 5.41) is 2.99. The monoisotopic (exact) mass is 403 g/mol. The van der Waals surface area contributed by atoms with Crippen molar-refractivity contribution in [2.45, 2.75) is 25.7 Å². The SMILES string of the molecule is C=CCCC(=O)N1CCC(C(=O)Nc2ccc(-c3nc4ccccc4o3)cc2)CC1. The molecule has 3 aromatic rings. The summed E-state index contributed by atoms with van der Waals surface area (Å²) in [5.41, 5.74) is 3.17. The molecule has 1 N–H and O–H groups in total. The van der Waals surface area contributed by atoms with Gasteiger partial charge in [0.15, 0.2) is 5.58 Å². The van der Waals surface area contributed by atoms with Gasteiger partial charge in [-0.15, -0.1) is 6.58 Å². The number of likely N-dealkylation sites (tertiary alicyclic amines) is 1. The summed E-state index contributed by atoms with van der Waals surface area (Å²) < 4.78 is 5.79. The summed E-state index contributed by atoms with van der Waals surface area (Å²) in [7, 11) is 0. The van der Waals surface area contributed by atoms with Gasteiger partial charge in [-0.3, -0.25) is 9.59 Å². The zero-order valence-electron chi connectivity index (χ0n) is 16.8. The predicted molar refractivity (Wildman–Crippen MR) is 117 cm³/mol. The second-order valence-electron chi connectivity index (χ2n) is 7.54. The van der Waals surface area contributed by atoms with E-state index < -0.39 is 0 Å². The third-order valence-electron chi connectivity index (χ3n) is 5.47. The number of nitrogens with one attached hydrogen (secondary N) is 1. The van der Waals surface area contributed by atoms with Crippen LogP contribution in [0.25, 0.3) is 22.6 Å². The minimum absolute atomic E-state index is 0.00259. The molecule has 1 aromatic heterocycles. The van der Waals surface area contributed by atoms with Crippen molar-refractivity contribution in [1.29, 1.82) is 0 Å². The van der Waals surface area contributed by atoms with E-state index in [1.807, 2.05) is 53.4 Å². The van der Waals surface area contributed by atoms with Crippen molar-refractivity contribution < 1.29 is 14.0 Å². The zero-order valence-corrected chi connectivity index (χ0v) is 16.8. The standard InChI is InChI=1S/C24H25N3O3/c1-2-3-8-22(28)27-15-13-17(14-16-27)23(29)25-19-11-9-18(10-12-19)24-26-20-6-4-5-7-21(20)30-24/h2,4-7,9-12,17H,1,3,8,13-16H2,(H,25,29). The maximum Gasteiger partial charge on any atom is 0.227 e. The van der Waals surface area contributed by atoms with Crippen LogP contribution in [0.2, 0.25) is 0 Å². The largest absolute Gasteiger partial charge is 0.436 e. The Bertz CT molecular complexity index is 1010. The molecule has 0 unspecified atom stereocenters. The van der Waals surface area contributed by atoms with E-state index >= 15 is 0 Å². The molecule has 0 bridgehead atoms. The fourth-order valence-electron chi connectivity index (χ4n) is 3.71. The normalized spacial score (nSPS) is 14.6. The molecule has 6 nitrogen and oxygen atoms in total.